The number of hydrogen-bond acceptors (Lipinski definition) is 1. The molecule has 145 valence electrons. The third kappa shape index (κ3) is 4.29. The molecule has 0 saturated heterocycles. The van der Waals surface area contributed by atoms with Crippen molar-refractivity contribution in [3.05, 3.63) is 24.3 Å². The fourth-order valence-electron chi connectivity index (χ4n) is 5.41. The number of ether oxygens (including phenoxy) is 1. The number of rotatable bonds is 6. The van der Waals surface area contributed by atoms with Gasteiger partial charge in [0, 0.05) is 0 Å². The van der Waals surface area contributed by atoms with Gasteiger partial charge in [-0.2, -0.15) is 0 Å². The quantitative estimate of drug-likeness (QED) is 0.271. The van der Waals surface area contributed by atoms with Crippen molar-refractivity contribution in [2.45, 2.75) is 86.0 Å². The normalized spacial score (nSPS) is 22.6. The van der Waals surface area contributed by atoms with Crippen molar-refractivity contribution in [1.29, 1.82) is 0 Å². The minimum atomic E-state index is -1.85. The van der Waals surface area contributed by atoms with Crippen molar-refractivity contribution in [2.75, 3.05) is 6.61 Å². The van der Waals surface area contributed by atoms with E-state index in [9.17, 15) is 0 Å². The van der Waals surface area contributed by atoms with Gasteiger partial charge in [-0.05, 0) is 0 Å². The molecule has 0 aromatic heterocycles. The molecular formula is C21H33ClOPPd. The van der Waals surface area contributed by atoms with Gasteiger partial charge in [-0.1, -0.05) is 0 Å². The van der Waals surface area contributed by atoms with Crippen LogP contribution in [0.15, 0.2) is 24.3 Å². The van der Waals surface area contributed by atoms with Crippen LogP contribution in [0.25, 0.3) is 0 Å². The minimum absolute atomic E-state index is 0.166. The Morgan fingerprint density at radius 2 is 1.44 bits per heavy atom. The molecule has 2 fully saturated rings. The topological polar surface area (TPSA) is 9.23 Å². The Labute approximate surface area is 170 Å². The summed E-state index contributed by atoms with van der Waals surface area (Å²) < 4.78 is 5.86. The van der Waals surface area contributed by atoms with E-state index in [1.807, 2.05) is 6.92 Å². The van der Waals surface area contributed by atoms with Crippen LogP contribution in [0.1, 0.15) is 71.1 Å². The molecule has 1 aromatic carbocycles. The SMILES string of the molecule is CCOc1ccc([PH]([CH](Cl)[Pd])(C2CCCCC2)C2CCCCC2)cc1. The van der Waals surface area contributed by atoms with Gasteiger partial charge in [0.15, 0.2) is 0 Å². The fraction of sp³-hybridized carbons (Fsp3) is 0.714. The van der Waals surface area contributed by atoms with Crippen LogP contribution >= 0.6 is 18.9 Å². The van der Waals surface area contributed by atoms with Gasteiger partial charge in [-0.25, -0.2) is 0 Å². The van der Waals surface area contributed by atoms with E-state index in [1.54, 1.807) is 5.30 Å². The number of halogens is 1. The summed E-state index contributed by atoms with van der Waals surface area (Å²) in [6.45, 7) is 2.78. The third-order valence-electron chi connectivity index (χ3n) is 6.56. The first-order valence-electron chi connectivity index (χ1n) is 10.2. The summed E-state index contributed by atoms with van der Waals surface area (Å²) >= 11 is 10.7. The molecule has 1 nitrogen and oxygen atoms in total. The molecule has 2 aliphatic carbocycles. The van der Waals surface area contributed by atoms with Crippen molar-refractivity contribution in [3.63, 3.8) is 0 Å². The first-order chi connectivity index (χ1) is 12.2. The van der Waals surface area contributed by atoms with Crippen molar-refractivity contribution >= 4 is 24.2 Å². The molecule has 1 aromatic rings. The Hall–Kier alpha value is 0.402. The molecule has 0 heterocycles. The van der Waals surface area contributed by atoms with Crippen LogP contribution in [0.3, 0.4) is 0 Å². The Morgan fingerprint density at radius 3 is 1.84 bits per heavy atom. The van der Waals surface area contributed by atoms with E-state index in [0.29, 0.717) is 0 Å². The molecule has 1 unspecified atom stereocenters. The van der Waals surface area contributed by atoms with Crippen LogP contribution in [0, 0.1) is 0 Å². The van der Waals surface area contributed by atoms with Gasteiger partial charge >= 0.3 is 171 Å². The van der Waals surface area contributed by atoms with Gasteiger partial charge in [0.05, 0.1) is 0 Å². The summed E-state index contributed by atoms with van der Waals surface area (Å²) in [6.07, 6.45) is 13.9. The summed E-state index contributed by atoms with van der Waals surface area (Å²) in [5.74, 6) is 0.991. The molecule has 0 aliphatic heterocycles. The Morgan fingerprint density at radius 1 is 0.960 bits per heavy atom. The monoisotopic (exact) mass is 473 g/mol. The number of benzene rings is 1. The Bertz CT molecular complexity index is 503. The molecule has 0 bridgehead atoms. The summed E-state index contributed by atoms with van der Waals surface area (Å²) in [7, 11) is -1.85. The molecule has 3 rings (SSSR count). The van der Waals surface area contributed by atoms with E-state index in [-0.39, 0.29) is 3.59 Å². The second kappa shape index (κ2) is 9.55. The van der Waals surface area contributed by atoms with Crippen molar-refractivity contribution in [3.8, 4) is 5.75 Å². The van der Waals surface area contributed by atoms with E-state index < -0.39 is 7.26 Å². The van der Waals surface area contributed by atoms with Crippen molar-refractivity contribution < 1.29 is 23.9 Å². The molecule has 0 amide bonds. The zero-order valence-corrected chi connectivity index (χ0v) is 18.7. The zero-order valence-electron chi connectivity index (χ0n) is 15.4. The van der Waals surface area contributed by atoms with Crippen LogP contribution < -0.4 is 10.0 Å². The number of hydrogen-bond donors (Lipinski definition) is 0. The van der Waals surface area contributed by atoms with Crippen LogP contribution in [0.5, 0.6) is 5.75 Å². The first kappa shape index (κ1) is 20.1. The van der Waals surface area contributed by atoms with Gasteiger partial charge in [0.2, 0.25) is 0 Å². The molecule has 2 saturated carbocycles. The maximum absolute atomic E-state index is 7.07. The Kier molecular flexibility index (Phi) is 7.70. The molecular weight excluding hydrogens is 441 g/mol. The van der Waals surface area contributed by atoms with Crippen LogP contribution in [-0.4, -0.2) is 21.5 Å². The van der Waals surface area contributed by atoms with E-state index in [2.05, 4.69) is 43.5 Å². The van der Waals surface area contributed by atoms with Crippen LogP contribution in [0.2, 0.25) is 0 Å². The van der Waals surface area contributed by atoms with E-state index in [4.69, 9.17) is 16.3 Å². The summed E-state index contributed by atoms with van der Waals surface area (Å²) in [5.41, 5.74) is 1.67. The van der Waals surface area contributed by atoms with Gasteiger partial charge in [0.1, 0.15) is 0 Å². The summed E-state index contributed by atoms with van der Waals surface area (Å²) in [5, 5.41) is 1.57. The average Bonchev–Trinajstić information content (AvgIpc) is 2.65. The molecule has 4 heteroatoms. The molecule has 2 aliphatic rings. The van der Waals surface area contributed by atoms with Gasteiger partial charge < -0.3 is 0 Å². The maximum atomic E-state index is 7.07. The molecule has 0 spiro atoms. The standard InChI is InChI=1S/C21H33ClOP.Pd/c1-2-23-18-13-15-21(16-14-18)24(17-22,19-9-5-3-6-10-19)20-11-7-4-8-12-20;/h13-17,19-20,24H,2-12H2,1H3;. The average molecular weight is 474 g/mol. The van der Waals surface area contributed by atoms with Crippen molar-refractivity contribution in [1.82, 2.24) is 0 Å². The summed E-state index contributed by atoms with van der Waals surface area (Å²) in [4.78, 5) is 0. The Balaban J connectivity index is 2.01. The van der Waals surface area contributed by atoms with Crippen LogP contribution in [-0.2, 0) is 19.2 Å². The summed E-state index contributed by atoms with van der Waals surface area (Å²) in [6, 6.07) is 9.09. The molecule has 25 heavy (non-hydrogen) atoms. The van der Waals surface area contributed by atoms with E-state index in [0.717, 1.165) is 23.7 Å². The van der Waals surface area contributed by atoms with E-state index >= 15 is 0 Å². The number of alkyl halides is 1. The molecule has 0 radical (unpaired) electrons. The second-order valence-electron chi connectivity index (χ2n) is 7.83. The second-order valence-corrected chi connectivity index (χ2v) is 15.5. The fourth-order valence-corrected chi connectivity index (χ4v) is 15.8. The predicted molar refractivity (Wildman–Crippen MR) is 109 cm³/mol. The van der Waals surface area contributed by atoms with E-state index in [1.165, 1.54) is 64.2 Å². The van der Waals surface area contributed by atoms with Gasteiger partial charge in [-0.15, -0.1) is 0 Å². The zero-order chi connectivity index (χ0) is 17.7. The molecule has 1 atom stereocenters. The third-order valence-corrected chi connectivity index (χ3v) is 15.7. The predicted octanol–water partition coefficient (Wildman–Crippen LogP) is 6.20. The molecule has 0 N–H and O–H groups in total. The van der Waals surface area contributed by atoms with Crippen molar-refractivity contribution in [2.24, 2.45) is 0 Å². The van der Waals surface area contributed by atoms with Gasteiger partial charge in [0.25, 0.3) is 0 Å². The van der Waals surface area contributed by atoms with Gasteiger partial charge in [-0.3, -0.25) is 0 Å². The first-order valence-corrected chi connectivity index (χ1v) is 13.7. The van der Waals surface area contributed by atoms with Crippen LogP contribution in [0.4, 0.5) is 0 Å².